The summed E-state index contributed by atoms with van der Waals surface area (Å²) in [5.41, 5.74) is 0. The number of hydrogen-bond donors (Lipinski definition) is 0. The van der Waals surface area contributed by atoms with Crippen LogP contribution < -0.4 is 0 Å². The minimum Gasteiger partial charge on any atom is -0.337 e. The van der Waals surface area contributed by atoms with Gasteiger partial charge in [0, 0.05) is 31.6 Å². The van der Waals surface area contributed by atoms with Crippen molar-refractivity contribution >= 4 is 11.8 Å². The molecule has 3 aliphatic heterocycles. The van der Waals surface area contributed by atoms with Crippen molar-refractivity contribution in [1.29, 1.82) is 0 Å². The van der Waals surface area contributed by atoms with E-state index in [1.54, 1.807) is 4.90 Å². The molecule has 0 radical (unpaired) electrons. The summed E-state index contributed by atoms with van der Waals surface area (Å²) in [6, 6.07) is 0.901. The quantitative estimate of drug-likeness (QED) is 0.794. The standard InChI is InChI=1S/C18H31N3O2/c1-2-19-12-6-8-15(19)16-9-7-13-21(16)18(23)14-20-11-5-3-4-10-17(20)22/h15-16H,2-14H2,1H3. The maximum Gasteiger partial charge on any atom is 0.242 e. The van der Waals surface area contributed by atoms with E-state index in [1.165, 1.54) is 19.4 Å². The van der Waals surface area contributed by atoms with E-state index in [4.69, 9.17) is 0 Å². The van der Waals surface area contributed by atoms with Crippen LogP contribution in [0.4, 0.5) is 0 Å². The van der Waals surface area contributed by atoms with Crippen LogP contribution in [0.25, 0.3) is 0 Å². The molecule has 0 aromatic carbocycles. The number of likely N-dealkylation sites (N-methyl/N-ethyl adjacent to an activating group) is 1. The number of nitrogens with zero attached hydrogens (tertiary/aromatic N) is 3. The molecule has 3 saturated heterocycles. The summed E-state index contributed by atoms with van der Waals surface area (Å²) in [5, 5.41) is 0. The average molecular weight is 321 g/mol. The molecule has 3 rings (SSSR count). The molecule has 0 N–H and O–H groups in total. The Labute approximate surface area is 140 Å². The van der Waals surface area contributed by atoms with Gasteiger partial charge in [0.2, 0.25) is 11.8 Å². The minimum absolute atomic E-state index is 0.169. The van der Waals surface area contributed by atoms with Gasteiger partial charge in [0.15, 0.2) is 0 Å². The Morgan fingerprint density at radius 3 is 2.61 bits per heavy atom. The van der Waals surface area contributed by atoms with Crippen molar-refractivity contribution in [3.63, 3.8) is 0 Å². The van der Waals surface area contributed by atoms with E-state index in [0.717, 1.165) is 51.7 Å². The average Bonchev–Trinajstić information content (AvgIpc) is 3.16. The molecule has 0 saturated carbocycles. The van der Waals surface area contributed by atoms with Crippen LogP contribution in [-0.4, -0.2) is 71.3 Å². The van der Waals surface area contributed by atoms with Gasteiger partial charge in [0.25, 0.3) is 0 Å². The molecule has 3 heterocycles. The third-order valence-corrected chi connectivity index (χ3v) is 5.88. The van der Waals surface area contributed by atoms with Gasteiger partial charge in [-0.2, -0.15) is 0 Å². The fraction of sp³-hybridized carbons (Fsp3) is 0.889. The molecule has 2 amide bonds. The second-order valence-electron chi connectivity index (χ2n) is 7.26. The van der Waals surface area contributed by atoms with Crippen molar-refractivity contribution in [3.05, 3.63) is 0 Å². The van der Waals surface area contributed by atoms with Gasteiger partial charge in [0.1, 0.15) is 0 Å². The smallest absolute Gasteiger partial charge is 0.242 e. The van der Waals surface area contributed by atoms with Gasteiger partial charge in [-0.15, -0.1) is 0 Å². The zero-order valence-corrected chi connectivity index (χ0v) is 14.5. The van der Waals surface area contributed by atoms with E-state index < -0.39 is 0 Å². The molecule has 2 unspecified atom stereocenters. The molecular formula is C18H31N3O2. The summed E-state index contributed by atoms with van der Waals surface area (Å²) < 4.78 is 0. The molecule has 0 aliphatic carbocycles. The van der Waals surface area contributed by atoms with Crippen molar-refractivity contribution in [2.75, 3.05) is 32.7 Å². The summed E-state index contributed by atoms with van der Waals surface area (Å²) in [7, 11) is 0. The molecule has 0 bridgehead atoms. The van der Waals surface area contributed by atoms with E-state index in [1.807, 2.05) is 0 Å². The van der Waals surface area contributed by atoms with Crippen molar-refractivity contribution in [3.8, 4) is 0 Å². The predicted octanol–water partition coefficient (Wildman–Crippen LogP) is 1.86. The highest BCUT2D eigenvalue weighted by Gasteiger charge is 2.39. The van der Waals surface area contributed by atoms with E-state index in [0.29, 0.717) is 25.0 Å². The van der Waals surface area contributed by atoms with Crippen LogP contribution in [0.5, 0.6) is 0 Å². The molecule has 0 aromatic rings. The van der Waals surface area contributed by atoms with Gasteiger partial charge in [-0.05, 0) is 51.6 Å². The zero-order chi connectivity index (χ0) is 16.2. The van der Waals surface area contributed by atoms with Crippen LogP contribution in [0, 0.1) is 0 Å². The van der Waals surface area contributed by atoms with Gasteiger partial charge in [0.05, 0.1) is 6.54 Å². The Balaban J connectivity index is 1.62. The Bertz CT molecular complexity index is 440. The monoisotopic (exact) mass is 321 g/mol. The van der Waals surface area contributed by atoms with Crippen molar-refractivity contribution in [2.24, 2.45) is 0 Å². The number of carbonyl (C=O) groups excluding carboxylic acids is 2. The third kappa shape index (κ3) is 3.70. The van der Waals surface area contributed by atoms with E-state index >= 15 is 0 Å². The number of rotatable bonds is 4. The zero-order valence-electron chi connectivity index (χ0n) is 14.5. The summed E-state index contributed by atoms with van der Waals surface area (Å²) >= 11 is 0. The maximum atomic E-state index is 12.8. The van der Waals surface area contributed by atoms with Crippen LogP contribution in [0.15, 0.2) is 0 Å². The van der Waals surface area contributed by atoms with Crippen molar-refractivity contribution in [2.45, 2.75) is 70.4 Å². The lowest BCUT2D eigenvalue weighted by molar-refractivity contribution is -0.141. The van der Waals surface area contributed by atoms with Crippen molar-refractivity contribution < 1.29 is 9.59 Å². The fourth-order valence-electron chi connectivity index (χ4n) is 4.64. The fourth-order valence-corrected chi connectivity index (χ4v) is 4.64. The Hall–Kier alpha value is -1.10. The molecule has 3 fully saturated rings. The van der Waals surface area contributed by atoms with Gasteiger partial charge >= 0.3 is 0 Å². The lowest BCUT2D eigenvalue weighted by Gasteiger charge is -2.35. The van der Waals surface area contributed by atoms with Crippen LogP contribution in [-0.2, 0) is 9.59 Å². The molecule has 0 aromatic heterocycles. The first-order valence-corrected chi connectivity index (χ1v) is 9.52. The highest BCUT2D eigenvalue weighted by Crippen LogP contribution is 2.30. The SMILES string of the molecule is CCN1CCCC1C1CCCN1C(=O)CN1CCCCCC1=O. The third-order valence-electron chi connectivity index (χ3n) is 5.88. The topological polar surface area (TPSA) is 43.9 Å². The van der Waals surface area contributed by atoms with Crippen LogP contribution in [0.3, 0.4) is 0 Å². The first-order chi connectivity index (χ1) is 11.2. The first kappa shape index (κ1) is 16.7. The molecule has 3 aliphatic rings. The van der Waals surface area contributed by atoms with Crippen LogP contribution >= 0.6 is 0 Å². The Kier molecular flexibility index (Phi) is 5.57. The lowest BCUT2D eigenvalue weighted by Crippen LogP contribution is -2.51. The second-order valence-corrected chi connectivity index (χ2v) is 7.26. The first-order valence-electron chi connectivity index (χ1n) is 9.52. The predicted molar refractivity (Wildman–Crippen MR) is 90.1 cm³/mol. The van der Waals surface area contributed by atoms with E-state index in [-0.39, 0.29) is 11.8 Å². The number of likely N-dealkylation sites (tertiary alicyclic amines) is 3. The maximum absolute atomic E-state index is 12.8. The van der Waals surface area contributed by atoms with Crippen LogP contribution in [0.1, 0.15) is 58.3 Å². The number of carbonyl (C=O) groups is 2. The minimum atomic E-state index is 0.169. The van der Waals surface area contributed by atoms with Gasteiger partial charge in [-0.3, -0.25) is 14.5 Å². The highest BCUT2D eigenvalue weighted by molar-refractivity contribution is 5.85. The van der Waals surface area contributed by atoms with E-state index in [2.05, 4.69) is 16.7 Å². The second kappa shape index (κ2) is 7.65. The van der Waals surface area contributed by atoms with E-state index in [9.17, 15) is 9.59 Å². The summed E-state index contributed by atoms with van der Waals surface area (Å²) in [6.07, 6.45) is 8.43. The van der Waals surface area contributed by atoms with Crippen LogP contribution in [0.2, 0.25) is 0 Å². The van der Waals surface area contributed by atoms with Gasteiger partial charge in [-0.1, -0.05) is 13.3 Å². The van der Waals surface area contributed by atoms with Crippen molar-refractivity contribution in [1.82, 2.24) is 14.7 Å². The summed E-state index contributed by atoms with van der Waals surface area (Å²) in [4.78, 5) is 31.4. The largest absolute Gasteiger partial charge is 0.337 e. The van der Waals surface area contributed by atoms with Gasteiger partial charge < -0.3 is 9.80 Å². The normalized spacial score (nSPS) is 30.0. The summed E-state index contributed by atoms with van der Waals surface area (Å²) in [6.45, 7) is 6.40. The molecule has 5 heteroatoms. The molecular weight excluding hydrogens is 290 g/mol. The summed E-state index contributed by atoms with van der Waals surface area (Å²) in [5.74, 6) is 0.341. The highest BCUT2D eigenvalue weighted by atomic mass is 16.2. The molecule has 2 atom stereocenters. The molecule has 130 valence electrons. The Morgan fingerprint density at radius 2 is 1.78 bits per heavy atom. The Morgan fingerprint density at radius 1 is 1.00 bits per heavy atom. The van der Waals surface area contributed by atoms with Gasteiger partial charge in [-0.25, -0.2) is 0 Å². The number of amides is 2. The lowest BCUT2D eigenvalue weighted by atomic mass is 10.0. The molecule has 5 nitrogen and oxygen atoms in total. The number of hydrogen-bond acceptors (Lipinski definition) is 3. The molecule has 23 heavy (non-hydrogen) atoms. The molecule has 0 spiro atoms.